The summed E-state index contributed by atoms with van der Waals surface area (Å²) >= 11 is 0. The van der Waals surface area contributed by atoms with E-state index < -0.39 is 17.8 Å². The Morgan fingerprint density at radius 2 is 1.75 bits per heavy atom. The van der Waals surface area contributed by atoms with Crippen LogP contribution in [0.1, 0.15) is 10.4 Å². The standard InChI is InChI=1S/C12H13NO3/c14-11(8-4-2-1-3-5-8)9-6-13-7-10(9)12(15)16/h1-5,9-10,13H,6-7H2,(H,15,16). The molecule has 2 N–H and O–H groups in total. The van der Waals surface area contributed by atoms with Gasteiger partial charge < -0.3 is 10.4 Å². The molecule has 1 fully saturated rings. The highest BCUT2D eigenvalue weighted by molar-refractivity contribution is 6.00. The topological polar surface area (TPSA) is 66.4 Å². The summed E-state index contributed by atoms with van der Waals surface area (Å²) in [5, 5.41) is 11.9. The third-order valence-corrected chi connectivity index (χ3v) is 2.93. The van der Waals surface area contributed by atoms with Crippen LogP contribution in [0.25, 0.3) is 0 Å². The molecule has 84 valence electrons. The van der Waals surface area contributed by atoms with Crippen LogP contribution in [0.4, 0.5) is 0 Å². The Labute approximate surface area is 93.3 Å². The first-order chi connectivity index (χ1) is 7.70. The maximum atomic E-state index is 12.1. The molecule has 2 atom stereocenters. The molecular weight excluding hydrogens is 206 g/mol. The molecule has 4 heteroatoms. The van der Waals surface area contributed by atoms with E-state index in [0.717, 1.165) is 0 Å². The van der Waals surface area contributed by atoms with Crippen molar-refractivity contribution in [1.29, 1.82) is 0 Å². The maximum absolute atomic E-state index is 12.1. The van der Waals surface area contributed by atoms with E-state index in [4.69, 9.17) is 5.11 Å². The number of carboxylic acid groups (broad SMARTS) is 1. The molecule has 16 heavy (non-hydrogen) atoms. The molecule has 0 bridgehead atoms. The van der Waals surface area contributed by atoms with Crippen molar-refractivity contribution in [3.05, 3.63) is 35.9 Å². The van der Waals surface area contributed by atoms with E-state index >= 15 is 0 Å². The second-order valence-corrected chi connectivity index (χ2v) is 3.94. The van der Waals surface area contributed by atoms with Gasteiger partial charge in [0.1, 0.15) is 0 Å². The van der Waals surface area contributed by atoms with Gasteiger partial charge in [0.15, 0.2) is 5.78 Å². The third-order valence-electron chi connectivity index (χ3n) is 2.93. The van der Waals surface area contributed by atoms with Crippen molar-refractivity contribution in [3.8, 4) is 0 Å². The van der Waals surface area contributed by atoms with E-state index in [-0.39, 0.29) is 5.78 Å². The van der Waals surface area contributed by atoms with Crippen molar-refractivity contribution in [2.75, 3.05) is 13.1 Å². The second kappa shape index (κ2) is 4.45. The first-order valence-corrected chi connectivity index (χ1v) is 5.23. The number of carbonyl (C=O) groups is 2. The summed E-state index contributed by atoms with van der Waals surface area (Å²) < 4.78 is 0. The summed E-state index contributed by atoms with van der Waals surface area (Å²) in [6.07, 6.45) is 0. The Balaban J connectivity index is 2.19. The molecular formula is C12H13NO3. The Morgan fingerprint density at radius 1 is 1.12 bits per heavy atom. The SMILES string of the molecule is O=C(O)C1CNCC1C(=O)c1ccccc1. The zero-order valence-corrected chi connectivity index (χ0v) is 8.72. The van der Waals surface area contributed by atoms with Crippen LogP contribution in [-0.2, 0) is 4.79 Å². The fourth-order valence-electron chi connectivity index (χ4n) is 2.03. The van der Waals surface area contributed by atoms with Gasteiger partial charge in [-0.3, -0.25) is 9.59 Å². The fourth-order valence-corrected chi connectivity index (χ4v) is 2.03. The monoisotopic (exact) mass is 219 g/mol. The van der Waals surface area contributed by atoms with Gasteiger partial charge in [0.05, 0.1) is 5.92 Å². The number of hydrogen-bond acceptors (Lipinski definition) is 3. The number of carbonyl (C=O) groups excluding carboxylic acids is 1. The number of carboxylic acids is 1. The van der Waals surface area contributed by atoms with Crippen LogP contribution in [0.2, 0.25) is 0 Å². The van der Waals surface area contributed by atoms with Gasteiger partial charge in [0, 0.05) is 24.6 Å². The maximum Gasteiger partial charge on any atom is 0.308 e. The highest BCUT2D eigenvalue weighted by atomic mass is 16.4. The van der Waals surface area contributed by atoms with Crippen LogP contribution in [-0.4, -0.2) is 29.9 Å². The third kappa shape index (κ3) is 1.97. The smallest absolute Gasteiger partial charge is 0.308 e. The zero-order valence-electron chi connectivity index (χ0n) is 8.72. The highest BCUT2D eigenvalue weighted by Crippen LogP contribution is 2.21. The molecule has 1 aromatic carbocycles. The number of rotatable bonds is 3. The molecule has 0 saturated carbocycles. The van der Waals surface area contributed by atoms with Gasteiger partial charge in [-0.05, 0) is 0 Å². The number of benzene rings is 1. The minimum absolute atomic E-state index is 0.0852. The molecule has 2 rings (SSSR count). The number of nitrogens with one attached hydrogen (secondary N) is 1. The molecule has 0 aliphatic carbocycles. The number of Topliss-reactive ketones (excluding diaryl/α,β-unsaturated/α-hetero) is 1. The van der Waals surface area contributed by atoms with Gasteiger partial charge in [-0.2, -0.15) is 0 Å². The fraction of sp³-hybridized carbons (Fsp3) is 0.333. The predicted octanol–water partition coefficient (Wildman–Crippen LogP) is 0.789. The normalized spacial score (nSPS) is 24.2. The Bertz CT molecular complexity index is 402. The highest BCUT2D eigenvalue weighted by Gasteiger charge is 2.37. The summed E-state index contributed by atoms with van der Waals surface area (Å²) in [5.74, 6) is -2.04. The molecule has 0 aromatic heterocycles. The number of aliphatic carboxylic acids is 1. The van der Waals surface area contributed by atoms with Gasteiger partial charge in [-0.25, -0.2) is 0 Å². The average Bonchev–Trinajstić information content (AvgIpc) is 2.78. The first kappa shape index (κ1) is 10.8. The molecule has 0 spiro atoms. The van der Waals surface area contributed by atoms with Crippen LogP contribution >= 0.6 is 0 Å². The van der Waals surface area contributed by atoms with E-state index in [9.17, 15) is 9.59 Å². The van der Waals surface area contributed by atoms with Gasteiger partial charge in [0.25, 0.3) is 0 Å². The Hall–Kier alpha value is -1.68. The van der Waals surface area contributed by atoms with Crippen molar-refractivity contribution in [3.63, 3.8) is 0 Å². The lowest BCUT2D eigenvalue weighted by Gasteiger charge is -2.13. The first-order valence-electron chi connectivity index (χ1n) is 5.23. The lowest BCUT2D eigenvalue weighted by atomic mass is 9.88. The van der Waals surface area contributed by atoms with Crippen LogP contribution in [0.3, 0.4) is 0 Å². The number of ketones is 1. The molecule has 1 saturated heterocycles. The molecule has 1 aliphatic rings. The zero-order chi connectivity index (χ0) is 11.5. The quantitative estimate of drug-likeness (QED) is 0.737. The molecule has 1 heterocycles. The summed E-state index contributed by atoms with van der Waals surface area (Å²) in [4.78, 5) is 23.0. The molecule has 2 unspecified atom stereocenters. The van der Waals surface area contributed by atoms with Crippen LogP contribution in [0.5, 0.6) is 0 Å². The van der Waals surface area contributed by atoms with E-state index in [2.05, 4.69) is 5.32 Å². The minimum atomic E-state index is -0.903. The van der Waals surface area contributed by atoms with Crippen LogP contribution < -0.4 is 5.32 Å². The summed E-state index contributed by atoms with van der Waals surface area (Å²) in [6.45, 7) is 0.823. The second-order valence-electron chi connectivity index (χ2n) is 3.94. The molecule has 0 radical (unpaired) electrons. The number of hydrogen-bond donors (Lipinski definition) is 2. The summed E-state index contributed by atoms with van der Waals surface area (Å²) in [6, 6.07) is 8.84. The lowest BCUT2D eigenvalue weighted by Crippen LogP contribution is -2.28. The van der Waals surface area contributed by atoms with Gasteiger partial charge in [0.2, 0.25) is 0 Å². The average molecular weight is 219 g/mol. The van der Waals surface area contributed by atoms with Crippen molar-refractivity contribution >= 4 is 11.8 Å². The summed E-state index contributed by atoms with van der Waals surface area (Å²) in [5.41, 5.74) is 0.586. The molecule has 1 aliphatic heterocycles. The largest absolute Gasteiger partial charge is 0.481 e. The molecule has 0 amide bonds. The Morgan fingerprint density at radius 3 is 2.38 bits per heavy atom. The van der Waals surface area contributed by atoms with Gasteiger partial charge in [-0.1, -0.05) is 30.3 Å². The Kier molecular flexibility index (Phi) is 3.01. The van der Waals surface area contributed by atoms with Gasteiger partial charge >= 0.3 is 5.97 Å². The van der Waals surface area contributed by atoms with E-state index in [0.29, 0.717) is 18.7 Å². The lowest BCUT2D eigenvalue weighted by molar-refractivity contribution is -0.141. The summed E-state index contributed by atoms with van der Waals surface area (Å²) in [7, 11) is 0. The molecule has 1 aromatic rings. The molecule has 4 nitrogen and oxygen atoms in total. The van der Waals surface area contributed by atoms with Crippen molar-refractivity contribution in [2.24, 2.45) is 11.8 Å². The van der Waals surface area contributed by atoms with E-state index in [1.54, 1.807) is 24.3 Å². The van der Waals surface area contributed by atoms with E-state index in [1.165, 1.54) is 0 Å². The predicted molar refractivity (Wildman–Crippen MR) is 58.3 cm³/mol. The minimum Gasteiger partial charge on any atom is -0.481 e. The van der Waals surface area contributed by atoms with Crippen LogP contribution in [0.15, 0.2) is 30.3 Å². The van der Waals surface area contributed by atoms with Crippen molar-refractivity contribution in [2.45, 2.75) is 0 Å². The van der Waals surface area contributed by atoms with Crippen molar-refractivity contribution < 1.29 is 14.7 Å². The van der Waals surface area contributed by atoms with Crippen LogP contribution in [0, 0.1) is 11.8 Å². The van der Waals surface area contributed by atoms with Crippen molar-refractivity contribution in [1.82, 2.24) is 5.32 Å². The van der Waals surface area contributed by atoms with E-state index in [1.807, 2.05) is 6.07 Å². The van der Waals surface area contributed by atoms with Gasteiger partial charge in [-0.15, -0.1) is 0 Å².